The number of aromatic nitrogens is 4. The number of nitrogens with zero attached hydrogens (tertiary/aromatic N) is 5. The Labute approximate surface area is 188 Å². The Morgan fingerprint density at radius 3 is 2.75 bits per heavy atom. The minimum absolute atomic E-state index is 0.0310. The summed E-state index contributed by atoms with van der Waals surface area (Å²) in [6.07, 6.45) is 9.24. The first-order chi connectivity index (χ1) is 15.7. The van der Waals surface area contributed by atoms with Gasteiger partial charge in [0.1, 0.15) is 18.1 Å². The lowest BCUT2D eigenvalue weighted by Gasteiger charge is -2.33. The number of carbonyl (C=O) groups excluding carboxylic acids is 1. The van der Waals surface area contributed by atoms with Crippen molar-refractivity contribution < 1.29 is 9.53 Å². The third-order valence-corrected chi connectivity index (χ3v) is 5.77. The Hall–Kier alpha value is -3.26. The van der Waals surface area contributed by atoms with Crippen molar-refractivity contribution in [1.29, 1.82) is 0 Å². The number of nitrogens with one attached hydrogen (secondary N) is 1. The van der Waals surface area contributed by atoms with Crippen molar-refractivity contribution >= 4 is 5.91 Å². The summed E-state index contributed by atoms with van der Waals surface area (Å²) in [6, 6.07) is 9.37. The first-order valence-electron chi connectivity index (χ1n) is 11.1. The summed E-state index contributed by atoms with van der Waals surface area (Å²) < 4.78 is 7.20. The molecule has 0 radical (unpaired) electrons. The molecule has 168 valence electrons. The molecule has 3 heterocycles. The average Bonchev–Trinajstić information content (AvgIpc) is 3.35. The molecule has 0 saturated carbocycles. The molecule has 8 heteroatoms. The van der Waals surface area contributed by atoms with Crippen molar-refractivity contribution in [1.82, 2.24) is 29.7 Å². The van der Waals surface area contributed by atoms with Gasteiger partial charge in [-0.1, -0.05) is 24.6 Å². The molecule has 32 heavy (non-hydrogen) atoms. The van der Waals surface area contributed by atoms with Crippen LogP contribution in [0.4, 0.5) is 0 Å². The molecule has 1 fully saturated rings. The molecule has 1 N–H and O–H groups in total. The van der Waals surface area contributed by atoms with Crippen LogP contribution in [0.3, 0.4) is 0 Å². The maximum atomic E-state index is 13.4. The zero-order chi connectivity index (χ0) is 22.3. The van der Waals surface area contributed by atoms with Gasteiger partial charge in [-0.25, -0.2) is 15.0 Å². The van der Waals surface area contributed by atoms with Crippen LogP contribution in [0.15, 0.2) is 49.1 Å². The van der Waals surface area contributed by atoms with Crippen LogP contribution in [-0.2, 0) is 11.2 Å². The van der Waals surface area contributed by atoms with Gasteiger partial charge in [0.25, 0.3) is 0 Å². The van der Waals surface area contributed by atoms with Gasteiger partial charge in [0, 0.05) is 24.6 Å². The van der Waals surface area contributed by atoms with Gasteiger partial charge >= 0.3 is 0 Å². The number of benzene rings is 1. The molecule has 1 atom stereocenters. The van der Waals surface area contributed by atoms with Crippen molar-refractivity contribution in [2.24, 2.45) is 0 Å². The van der Waals surface area contributed by atoms with E-state index < -0.39 is 6.04 Å². The van der Waals surface area contributed by atoms with E-state index in [9.17, 15) is 4.79 Å². The second kappa shape index (κ2) is 10.4. The van der Waals surface area contributed by atoms with Crippen LogP contribution in [0.2, 0.25) is 0 Å². The Kier molecular flexibility index (Phi) is 7.11. The molecule has 3 aromatic rings. The van der Waals surface area contributed by atoms with Crippen LogP contribution in [0.5, 0.6) is 5.75 Å². The molecule has 8 nitrogen and oxygen atoms in total. The Bertz CT molecular complexity index is 1030. The number of likely N-dealkylation sites (tertiary alicyclic amines) is 1. The van der Waals surface area contributed by atoms with Crippen molar-refractivity contribution in [3.05, 3.63) is 66.0 Å². The van der Waals surface area contributed by atoms with Crippen molar-refractivity contribution in [2.45, 2.75) is 38.6 Å². The highest BCUT2D eigenvalue weighted by atomic mass is 16.5. The average molecular weight is 435 g/mol. The van der Waals surface area contributed by atoms with Crippen molar-refractivity contribution in [3.8, 4) is 11.7 Å². The summed E-state index contributed by atoms with van der Waals surface area (Å²) in [4.78, 5) is 29.1. The van der Waals surface area contributed by atoms with Crippen molar-refractivity contribution in [2.75, 3.05) is 26.7 Å². The minimum Gasteiger partial charge on any atom is -0.496 e. The molecule has 0 spiro atoms. The largest absolute Gasteiger partial charge is 0.496 e. The molecule has 0 bridgehead atoms. The third kappa shape index (κ3) is 5.13. The van der Waals surface area contributed by atoms with Crippen LogP contribution >= 0.6 is 0 Å². The van der Waals surface area contributed by atoms with E-state index in [2.05, 4.69) is 20.2 Å². The molecular formula is C24H30N6O2. The van der Waals surface area contributed by atoms with Crippen molar-refractivity contribution in [3.63, 3.8) is 0 Å². The summed E-state index contributed by atoms with van der Waals surface area (Å²) in [6.45, 7) is 4.22. The maximum absolute atomic E-state index is 13.4. The summed E-state index contributed by atoms with van der Waals surface area (Å²) in [5.74, 6) is 1.34. The van der Waals surface area contributed by atoms with E-state index in [0.717, 1.165) is 48.6 Å². The summed E-state index contributed by atoms with van der Waals surface area (Å²) in [5, 5.41) is 3.14. The van der Waals surface area contributed by atoms with Gasteiger partial charge in [-0.2, -0.15) is 0 Å². The molecule has 4 rings (SSSR count). The fourth-order valence-electron chi connectivity index (χ4n) is 4.20. The zero-order valence-electron chi connectivity index (χ0n) is 18.7. The fraction of sp³-hybridized carbons (Fsp3) is 0.417. The highest BCUT2D eigenvalue weighted by molar-refractivity contribution is 5.82. The molecule has 1 aromatic carbocycles. The number of hydrogen-bond donors (Lipinski definition) is 1. The molecule has 1 amide bonds. The SMILES string of the molecule is COc1ccccc1CCNC(=O)C(c1cc(C)nc(-n2ccnc2)n1)N1CCCCC1. The number of piperidine rings is 1. The maximum Gasteiger partial charge on any atom is 0.243 e. The molecule has 1 aliphatic heterocycles. The predicted molar refractivity (Wildman–Crippen MR) is 122 cm³/mol. The first-order valence-corrected chi connectivity index (χ1v) is 11.1. The van der Waals surface area contributed by atoms with Crippen LogP contribution in [-0.4, -0.2) is 57.1 Å². The minimum atomic E-state index is -0.447. The number of methoxy groups -OCH3 is 1. The van der Waals surface area contributed by atoms with Crippen LogP contribution in [0.1, 0.15) is 42.3 Å². The van der Waals surface area contributed by atoms with Crippen LogP contribution < -0.4 is 10.1 Å². The number of amides is 1. The van der Waals surface area contributed by atoms with E-state index in [0.29, 0.717) is 18.9 Å². The van der Waals surface area contributed by atoms with E-state index in [-0.39, 0.29) is 5.91 Å². The quantitative estimate of drug-likeness (QED) is 0.587. The first kappa shape index (κ1) is 22.0. The number of hydrogen-bond acceptors (Lipinski definition) is 6. The highest BCUT2D eigenvalue weighted by Gasteiger charge is 2.30. The standard InChI is InChI=1S/C24H30N6O2/c1-18-16-20(28-24(27-18)30-15-12-25-17-30)22(29-13-6-3-7-14-29)23(31)26-11-10-19-8-4-5-9-21(19)32-2/h4-5,8-9,12,15-17,22H,3,6-7,10-11,13-14H2,1-2H3,(H,26,31). The normalized spacial score (nSPS) is 15.3. The second-order valence-electron chi connectivity index (χ2n) is 8.06. The van der Waals surface area contributed by atoms with E-state index in [1.165, 1.54) is 6.42 Å². The van der Waals surface area contributed by atoms with E-state index in [1.807, 2.05) is 43.5 Å². The van der Waals surface area contributed by atoms with Gasteiger partial charge in [0.2, 0.25) is 11.9 Å². The van der Waals surface area contributed by atoms with Crippen LogP contribution in [0, 0.1) is 6.92 Å². The van der Waals surface area contributed by atoms with Gasteiger partial charge in [-0.3, -0.25) is 14.3 Å². The molecule has 1 saturated heterocycles. The Morgan fingerprint density at radius 1 is 1.19 bits per heavy atom. The second-order valence-corrected chi connectivity index (χ2v) is 8.06. The highest BCUT2D eigenvalue weighted by Crippen LogP contribution is 2.25. The molecular weight excluding hydrogens is 404 g/mol. The number of ether oxygens (including phenoxy) is 1. The lowest BCUT2D eigenvalue weighted by Crippen LogP contribution is -2.44. The summed E-state index contributed by atoms with van der Waals surface area (Å²) in [7, 11) is 1.67. The number of aryl methyl sites for hydroxylation is 1. The smallest absolute Gasteiger partial charge is 0.243 e. The van der Waals surface area contributed by atoms with Gasteiger partial charge in [-0.15, -0.1) is 0 Å². The Morgan fingerprint density at radius 2 is 2.00 bits per heavy atom. The topological polar surface area (TPSA) is 85.2 Å². The number of para-hydroxylation sites is 1. The van der Waals surface area contributed by atoms with E-state index in [4.69, 9.17) is 9.72 Å². The van der Waals surface area contributed by atoms with Gasteiger partial charge in [-0.05, 0) is 57.0 Å². The molecule has 2 aromatic heterocycles. The number of imidazole rings is 1. The molecule has 1 aliphatic rings. The van der Waals surface area contributed by atoms with Gasteiger partial charge in [0.15, 0.2) is 0 Å². The predicted octanol–water partition coefficient (Wildman–Crippen LogP) is 2.87. The fourth-order valence-corrected chi connectivity index (χ4v) is 4.20. The van der Waals surface area contributed by atoms with E-state index >= 15 is 0 Å². The summed E-state index contributed by atoms with van der Waals surface area (Å²) in [5.41, 5.74) is 2.62. The molecule has 0 aliphatic carbocycles. The monoisotopic (exact) mass is 434 g/mol. The number of rotatable bonds is 8. The third-order valence-electron chi connectivity index (χ3n) is 5.77. The lowest BCUT2D eigenvalue weighted by atomic mass is 10.0. The zero-order valence-corrected chi connectivity index (χ0v) is 18.7. The number of carbonyl (C=O) groups is 1. The van der Waals surface area contributed by atoms with Gasteiger partial charge < -0.3 is 10.1 Å². The van der Waals surface area contributed by atoms with Crippen LogP contribution in [0.25, 0.3) is 5.95 Å². The lowest BCUT2D eigenvalue weighted by molar-refractivity contribution is -0.127. The molecule has 1 unspecified atom stereocenters. The Balaban J connectivity index is 1.55. The van der Waals surface area contributed by atoms with Gasteiger partial charge in [0.05, 0.1) is 12.8 Å². The van der Waals surface area contributed by atoms with E-state index in [1.54, 1.807) is 24.2 Å². The summed E-state index contributed by atoms with van der Waals surface area (Å²) >= 11 is 0.